The lowest BCUT2D eigenvalue weighted by molar-refractivity contribution is 0.0321. The van der Waals surface area contributed by atoms with E-state index in [0.717, 1.165) is 32.0 Å². The monoisotopic (exact) mass is 211 g/mol. The van der Waals surface area contributed by atoms with Crippen molar-refractivity contribution in [2.75, 3.05) is 26.3 Å². The molecular weight excluding hydrogens is 198 g/mol. The lowest BCUT2D eigenvalue weighted by Gasteiger charge is -2.30. The summed E-state index contributed by atoms with van der Waals surface area (Å²) in [6, 6.07) is 1.90. The molecule has 1 unspecified atom stereocenters. The fourth-order valence-corrected chi connectivity index (χ4v) is 1.85. The fraction of sp³-hybridized carbons (Fsp3) is 0.556. The van der Waals surface area contributed by atoms with Crippen molar-refractivity contribution < 1.29 is 4.74 Å². The Morgan fingerprint density at radius 1 is 1.43 bits per heavy atom. The molecule has 2 rings (SSSR count). The first-order chi connectivity index (χ1) is 6.88. The molecule has 0 amide bonds. The first-order valence-corrected chi connectivity index (χ1v) is 5.15. The van der Waals surface area contributed by atoms with Crippen LogP contribution in [0.15, 0.2) is 18.6 Å². The van der Waals surface area contributed by atoms with Crippen LogP contribution in [0.5, 0.6) is 0 Å². The lowest BCUT2D eigenvalue weighted by Crippen LogP contribution is -2.37. The van der Waals surface area contributed by atoms with E-state index in [0.29, 0.717) is 0 Å². The number of rotatable bonds is 2. The van der Waals surface area contributed by atoms with E-state index in [1.807, 2.05) is 6.07 Å². The van der Waals surface area contributed by atoms with Crippen molar-refractivity contribution in [2.24, 2.45) is 0 Å². The molecule has 1 aliphatic heterocycles. The smallest absolute Gasteiger partial charge is 0.115 e. The molecule has 4 nitrogen and oxygen atoms in total. The highest BCUT2D eigenvalue weighted by molar-refractivity contribution is 7.80. The van der Waals surface area contributed by atoms with E-state index in [1.54, 1.807) is 12.5 Å². The Morgan fingerprint density at radius 3 is 2.86 bits per heavy atom. The van der Waals surface area contributed by atoms with Crippen LogP contribution < -0.4 is 0 Å². The van der Waals surface area contributed by atoms with Gasteiger partial charge >= 0.3 is 0 Å². The third-order valence-electron chi connectivity index (χ3n) is 2.26. The molecule has 1 fully saturated rings. The highest BCUT2D eigenvalue weighted by atomic mass is 32.1. The second kappa shape index (κ2) is 4.72. The maximum atomic E-state index is 5.28. The Hall–Kier alpha value is -0.650. The van der Waals surface area contributed by atoms with Gasteiger partial charge in [0.1, 0.15) is 6.33 Å². The minimum atomic E-state index is 0.0573. The average molecular weight is 211 g/mol. The van der Waals surface area contributed by atoms with E-state index < -0.39 is 0 Å². The minimum absolute atomic E-state index is 0.0573. The summed E-state index contributed by atoms with van der Waals surface area (Å²) in [5, 5.41) is 0.0573. The zero-order valence-electron chi connectivity index (χ0n) is 7.83. The number of nitrogens with zero attached hydrogens (tertiary/aromatic N) is 3. The Morgan fingerprint density at radius 2 is 2.21 bits per heavy atom. The molecule has 1 saturated heterocycles. The molecular formula is C9H13N3OS. The maximum Gasteiger partial charge on any atom is 0.115 e. The molecule has 0 saturated carbocycles. The minimum Gasteiger partial charge on any atom is -0.379 e. The lowest BCUT2D eigenvalue weighted by atomic mass is 10.3. The maximum absolute atomic E-state index is 5.28. The summed E-state index contributed by atoms with van der Waals surface area (Å²) < 4.78 is 5.28. The summed E-state index contributed by atoms with van der Waals surface area (Å²) in [7, 11) is 0. The third kappa shape index (κ3) is 2.23. The zero-order valence-corrected chi connectivity index (χ0v) is 8.73. The van der Waals surface area contributed by atoms with E-state index in [4.69, 9.17) is 4.74 Å². The molecule has 1 aromatic rings. The molecule has 2 heterocycles. The van der Waals surface area contributed by atoms with Crippen LogP contribution in [-0.2, 0) is 4.74 Å². The van der Waals surface area contributed by atoms with Gasteiger partial charge in [-0.25, -0.2) is 9.97 Å². The summed E-state index contributed by atoms with van der Waals surface area (Å²) >= 11 is 4.54. The molecule has 0 aliphatic carbocycles. The SMILES string of the molecule is SC(c1ccncn1)N1CCOCC1. The Balaban J connectivity index is 2.03. The van der Waals surface area contributed by atoms with Gasteiger partial charge < -0.3 is 4.74 Å². The van der Waals surface area contributed by atoms with Crippen LogP contribution in [-0.4, -0.2) is 41.2 Å². The summed E-state index contributed by atoms with van der Waals surface area (Å²) in [4.78, 5) is 10.3. The number of hydrogen-bond donors (Lipinski definition) is 1. The van der Waals surface area contributed by atoms with Crippen LogP contribution in [0.25, 0.3) is 0 Å². The van der Waals surface area contributed by atoms with Crippen molar-refractivity contribution >= 4 is 12.6 Å². The van der Waals surface area contributed by atoms with Crippen molar-refractivity contribution in [3.05, 3.63) is 24.3 Å². The van der Waals surface area contributed by atoms with Crippen LogP contribution >= 0.6 is 12.6 Å². The summed E-state index contributed by atoms with van der Waals surface area (Å²) in [6.07, 6.45) is 3.30. The van der Waals surface area contributed by atoms with Gasteiger partial charge in [0, 0.05) is 19.3 Å². The van der Waals surface area contributed by atoms with E-state index in [-0.39, 0.29) is 5.37 Å². The van der Waals surface area contributed by atoms with Gasteiger partial charge in [-0.1, -0.05) is 0 Å². The first-order valence-electron chi connectivity index (χ1n) is 4.64. The summed E-state index contributed by atoms with van der Waals surface area (Å²) in [5.74, 6) is 0. The van der Waals surface area contributed by atoms with Gasteiger partial charge in [0.05, 0.1) is 24.3 Å². The molecule has 1 aliphatic rings. The molecule has 0 radical (unpaired) electrons. The molecule has 1 aromatic heterocycles. The largest absolute Gasteiger partial charge is 0.379 e. The molecule has 5 heteroatoms. The molecule has 76 valence electrons. The standard InChI is InChI=1S/C9H13N3OS/c14-9(8-1-2-10-7-11-8)12-3-5-13-6-4-12/h1-2,7,9,14H,3-6H2. The topological polar surface area (TPSA) is 38.2 Å². The predicted octanol–water partition coefficient (Wildman–Crippen LogP) is 0.737. The van der Waals surface area contributed by atoms with Gasteiger partial charge in [-0.05, 0) is 6.07 Å². The van der Waals surface area contributed by atoms with E-state index >= 15 is 0 Å². The second-order valence-electron chi connectivity index (χ2n) is 3.16. The summed E-state index contributed by atoms with van der Waals surface area (Å²) in [6.45, 7) is 3.39. The van der Waals surface area contributed by atoms with Crippen LogP contribution in [0.1, 0.15) is 11.1 Å². The van der Waals surface area contributed by atoms with E-state index in [1.165, 1.54) is 0 Å². The molecule has 0 N–H and O–H groups in total. The van der Waals surface area contributed by atoms with Crippen molar-refractivity contribution in [3.63, 3.8) is 0 Å². The highest BCUT2D eigenvalue weighted by Crippen LogP contribution is 2.22. The molecule has 0 spiro atoms. The number of morpholine rings is 1. The molecule has 0 aromatic carbocycles. The van der Waals surface area contributed by atoms with Crippen molar-refractivity contribution in [1.29, 1.82) is 0 Å². The molecule has 14 heavy (non-hydrogen) atoms. The Labute approximate surface area is 88.7 Å². The predicted molar refractivity (Wildman–Crippen MR) is 56.2 cm³/mol. The quantitative estimate of drug-likeness (QED) is 0.732. The van der Waals surface area contributed by atoms with Crippen LogP contribution in [0.2, 0.25) is 0 Å². The van der Waals surface area contributed by atoms with Crippen molar-refractivity contribution in [1.82, 2.24) is 14.9 Å². The van der Waals surface area contributed by atoms with Gasteiger partial charge in [-0.15, -0.1) is 0 Å². The van der Waals surface area contributed by atoms with Gasteiger partial charge in [0.25, 0.3) is 0 Å². The summed E-state index contributed by atoms with van der Waals surface area (Å²) in [5.41, 5.74) is 0.949. The first kappa shape index (κ1) is 9.89. The van der Waals surface area contributed by atoms with Gasteiger partial charge in [-0.3, -0.25) is 4.90 Å². The Bertz CT molecular complexity index is 277. The van der Waals surface area contributed by atoms with Gasteiger partial charge in [0.2, 0.25) is 0 Å². The Kier molecular flexibility index (Phi) is 3.34. The van der Waals surface area contributed by atoms with Crippen molar-refractivity contribution in [3.8, 4) is 0 Å². The van der Waals surface area contributed by atoms with E-state index in [9.17, 15) is 0 Å². The van der Waals surface area contributed by atoms with Gasteiger partial charge in [-0.2, -0.15) is 12.6 Å². The normalized spacial score (nSPS) is 20.6. The number of ether oxygens (including phenoxy) is 1. The third-order valence-corrected chi connectivity index (χ3v) is 2.85. The molecule has 0 bridgehead atoms. The van der Waals surface area contributed by atoms with Crippen LogP contribution in [0.4, 0.5) is 0 Å². The van der Waals surface area contributed by atoms with E-state index in [2.05, 4.69) is 27.5 Å². The van der Waals surface area contributed by atoms with Crippen molar-refractivity contribution in [2.45, 2.75) is 5.37 Å². The van der Waals surface area contributed by atoms with Gasteiger partial charge in [0.15, 0.2) is 0 Å². The number of hydrogen-bond acceptors (Lipinski definition) is 5. The second-order valence-corrected chi connectivity index (χ2v) is 3.65. The van der Waals surface area contributed by atoms with Crippen LogP contribution in [0.3, 0.4) is 0 Å². The van der Waals surface area contributed by atoms with Crippen LogP contribution in [0, 0.1) is 0 Å². The zero-order chi connectivity index (χ0) is 9.80. The fourth-order valence-electron chi connectivity index (χ4n) is 1.46. The number of thiol groups is 1. The highest BCUT2D eigenvalue weighted by Gasteiger charge is 2.19. The average Bonchev–Trinajstić information content (AvgIpc) is 2.30. The number of aromatic nitrogens is 2. The molecule has 1 atom stereocenters.